The second-order valence-corrected chi connectivity index (χ2v) is 3.32. The molecule has 60 valence electrons. The van der Waals surface area contributed by atoms with Gasteiger partial charge in [-0.25, -0.2) is 0 Å². The van der Waals surface area contributed by atoms with E-state index in [0.29, 0.717) is 13.1 Å². The van der Waals surface area contributed by atoms with Gasteiger partial charge in [0.25, 0.3) is 0 Å². The van der Waals surface area contributed by atoms with Crippen LogP contribution >= 0.6 is 0 Å². The number of hydrogen-bond donors (Lipinski definition) is 0. The number of likely N-dealkylation sites (N-methyl/N-ethyl adjacent to an activating group) is 1. The van der Waals surface area contributed by atoms with Crippen LogP contribution in [0.25, 0.3) is 0 Å². The summed E-state index contributed by atoms with van der Waals surface area (Å²) in [6, 6.07) is 0. The third-order valence-corrected chi connectivity index (χ3v) is 2.70. The zero-order valence-corrected chi connectivity index (χ0v) is 6.59. The number of carbonyl (C=O) groups is 2. The molecule has 2 rings (SSSR count). The third-order valence-electron chi connectivity index (χ3n) is 2.70. The maximum atomic E-state index is 11.4. The van der Waals surface area contributed by atoms with Crippen molar-refractivity contribution < 1.29 is 9.59 Å². The molecular weight excluding hydrogens is 142 g/mol. The van der Waals surface area contributed by atoms with Crippen molar-refractivity contribution in [2.45, 2.75) is 19.8 Å². The van der Waals surface area contributed by atoms with Gasteiger partial charge in [-0.3, -0.25) is 9.59 Å². The lowest BCUT2D eigenvalue weighted by atomic mass is 10.1. The number of nitrogens with zero attached hydrogens (tertiary/aromatic N) is 1. The van der Waals surface area contributed by atoms with Crippen molar-refractivity contribution >= 4 is 11.7 Å². The summed E-state index contributed by atoms with van der Waals surface area (Å²) in [6.45, 7) is 2.94. The lowest BCUT2D eigenvalue weighted by Crippen LogP contribution is -2.27. The summed E-state index contributed by atoms with van der Waals surface area (Å²) in [6.07, 6.45) is 1.59. The van der Waals surface area contributed by atoms with Gasteiger partial charge in [0.15, 0.2) is 5.78 Å². The normalized spacial score (nSPS) is 26.8. The summed E-state index contributed by atoms with van der Waals surface area (Å²) in [5.74, 6) is 0.217. The fraction of sp³-hybridized carbons (Fsp3) is 0.750. The minimum atomic E-state index is -0.518. The predicted molar refractivity (Wildman–Crippen MR) is 38.9 cm³/mol. The van der Waals surface area contributed by atoms with Crippen molar-refractivity contribution in [2.75, 3.05) is 13.1 Å². The Balaban J connectivity index is 2.26. The van der Waals surface area contributed by atoms with Gasteiger partial charge >= 0.3 is 0 Å². The molecule has 2 aliphatic rings. The van der Waals surface area contributed by atoms with Gasteiger partial charge in [-0.2, -0.15) is 0 Å². The molecule has 3 nitrogen and oxygen atoms in total. The minimum absolute atomic E-state index is 0.0741. The van der Waals surface area contributed by atoms with E-state index in [1.807, 2.05) is 6.92 Å². The van der Waals surface area contributed by atoms with Crippen LogP contribution in [0, 0.1) is 5.41 Å². The highest BCUT2D eigenvalue weighted by molar-refractivity contribution is 6.15. The van der Waals surface area contributed by atoms with Gasteiger partial charge in [0, 0.05) is 6.54 Å². The van der Waals surface area contributed by atoms with Crippen molar-refractivity contribution in [2.24, 2.45) is 5.41 Å². The highest BCUT2D eigenvalue weighted by Gasteiger charge is 2.61. The van der Waals surface area contributed by atoms with E-state index < -0.39 is 5.41 Å². The van der Waals surface area contributed by atoms with Gasteiger partial charge in [0.2, 0.25) is 5.91 Å². The van der Waals surface area contributed by atoms with Crippen LogP contribution in [0.4, 0.5) is 0 Å². The first-order valence-electron chi connectivity index (χ1n) is 4.03. The van der Waals surface area contributed by atoms with E-state index in [9.17, 15) is 9.59 Å². The number of likely N-dealkylation sites (tertiary alicyclic amines) is 1. The molecule has 0 aromatic heterocycles. The average molecular weight is 153 g/mol. The summed E-state index contributed by atoms with van der Waals surface area (Å²) in [4.78, 5) is 24.4. The minimum Gasteiger partial charge on any atom is -0.335 e. The summed E-state index contributed by atoms with van der Waals surface area (Å²) < 4.78 is 0. The van der Waals surface area contributed by atoms with Gasteiger partial charge in [-0.05, 0) is 19.8 Å². The first-order chi connectivity index (χ1) is 5.20. The van der Waals surface area contributed by atoms with Crippen LogP contribution in [0.5, 0.6) is 0 Å². The van der Waals surface area contributed by atoms with E-state index in [-0.39, 0.29) is 11.7 Å². The van der Waals surface area contributed by atoms with E-state index in [4.69, 9.17) is 0 Å². The Labute approximate surface area is 65.4 Å². The lowest BCUT2D eigenvalue weighted by Gasteiger charge is -2.10. The molecule has 1 aliphatic heterocycles. The van der Waals surface area contributed by atoms with E-state index in [1.165, 1.54) is 0 Å². The number of amides is 1. The average Bonchev–Trinajstić information content (AvgIpc) is 2.74. The first-order valence-corrected chi connectivity index (χ1v) is 4.03. The molecule has 0 N–H and O–H groups in total. The standard InChI is InChI=1S/C8H11NO2/c1-2-9-5-6(10)8(3-4-8)7(9)11/h2-5H2,1H3. The summed E-state index contributed by atoms with van der Waals surface area (Å²) >= 11 is 0. The second kappa shape index (κ2) is 1.84. The molecule has 1 saturated carbocycles. The van der Waals surface area contributed by atoms with Gasteiger partial charge in [0.1, 0.15) is 5.41 Å². The molecule has 1 heterocycles. The monoisotopic (exact) mass is 153 g/mol. The number of hydrogen-bond acceptors (Lipinski definition) is 2. The van der Waals surface area contributed by atoms with Crippen LogP contribution in [0.2, 0.25) is 0 Å². The summed E-state index contributed by atoms with van der Waals surface area (Å²) in [5, 5.41) is 0. The number of rotatable bonds is 1. The SMILES string of the molecule is CCN1CC(=O)C2(CC2)C1=O. The zero-order chi connectivity index (χ0) is 8.06. The van der Waals surface area contributed by atoms with Crippen molar-refractivity contribution in [3.63, 3.8) is 0 Å². The van der Waals surface area contributed by atoms with Crippen LogP contribution in [0.1, 0.15) is 19.8 Å². The zero-order valence-electron chi connectivity index (χ0n) is 6.59. The molecule has 0 atom stereocenters. The van der Waals surface area contributed by atoms with E-state index in [0.717, 1.165) is 12.8 Å². The molecule has 0 unspecified atom stereocenters. The topological polar surface area (TPSA) is 37.4 Å². The molecule has 0 aromatic carbocycles. The van der Waals surface area contributed by atoms with Crippen LogP contribution in [-0.4, -0.2) is 29.7 Å². The van der Waals surface area contributed by atoms with Crippen molar-refractivity contribution in [1.82, 2.24) is 4.90 Å². The highest BCUT2D eigenvalue weighted by atomic mass is 16.2. The molecule has 1 spiro atoms. The molecule has 1 aliphatic carbocycles. The quantitative estimate of drug-likeness (QED) is 0.504. The Kier molecular flexibility index (Phi) is 1.14. The van der Waals surface area contributed by atoms with Crippen LogP contribution in [-0.2, 0) is 9.59 Å². The van der Waals surface area contributed by atoms with E-state index in [2.05, 4.69) is 0 Å². The molecule has 0 aromatic rings. The van der Waals surface area contributed by atoms with Gasteiger partial charge in [-0.1, -0.05) is 0 Å². The van der Waals surface area contributed by atoms with Gasteiger partial charge < -0.3 is 4.90 Å². The Bertz CT molecular complexity index is 230. The predicted octanol–water partition coefficient (Wildman–Crippen LogP) is 0.198. The molecule has 1 amide bonds. The lowest BCUT2D eigenvalue weighted by molar-refractivity contribution is -0.133. The third kappa shape index (κ3) is 0.682. The Morgan fingerprint density at radius 3 is 2.36 bits per heavy atom. The highest BCUT2D eigenvalue weighted by Crippen LogP contribution is 2.51. The van der Waals surface area contributed by atoms with Crippen LogP contribution in [0.3, 0.4) is 0 Å². The van der Waals surface area contributed by atoms with E-state index >= 15 is 0 Å². The van der Waals surface area contributed by atoms with Crippen molar-refractivity contribution in [1.29, 1.82) is 0 Å². The van der Waals surface area contributed by atoms with E-state index in [1.54, 1.807) is 4.90 Å². The maximum absolute atomic E-state index is 11.4. The Morgan fingerprint density at radius 1 is 1.45 bits per heavy atom. The Morgan fingerprint density at radius 2 is 2.09 bits per heavy atom. The number of Topliss-reactive ketones (excluding diaryl/α,β-unsaturated/α-hetero) is 1. The largest absolute Gasteiger partial charge is 0.335 e. The fourth-order valence-corrected chi connectivity index (χ4v) is 1.69. The first kappa shape index (κ1) is 6.83. The van der Waals surface area contributed by atoms with Gasteiger partial charge in [-0.15, -0.1) is 0 Å². The molecule has 2 fully saturated rings. The molecule has 1 saturated heterocycles. The maximum Gasteiger partial charge on any atom is 0.236 e. The molecule has 11 heavy (non-hydrogen) atoms. The molecule has 3 heteroatoms. The molecular formula is C8H11NO2. The number of ketones is 1. The summed E-state index contributed by atoms with van der Waals surface area (Å²) in [7, 11) is 0. The smallest absolute Gasteiger partial charge is 0.236 e. The van der Waals surface area contributed by atoms with Gasteiger partial charge in [0.05, 0.1) is 6.54 Å². The summed E-state index contributed by atoms with van der Waals surface area (Å²) in [5.41, 5.74) is -0.518. The second-order valence-electron chi connectivity index (χ2n) is 3.32. The number of carbonyl (C=O) groups excluding carboxylic acids is 2. The molecule has 0 radical (unpaired) electrons. The van der Waals surface area contributed by atoms with Crippen LogP contribution in [0.15, 0.2) is 0 Å². The van der Waals surface area contributed by atoms with Crippen LogP contribution < -0.4 is 0 Å². The van der Waals surface area contributed by atoms with Crippen molar-refractivity contribution in [3.8, 4) is 0 Å². The molecule has 0 bridgehead atoms. The van der Waals surface area contributed by atoms with Crippen molar-refractivity contribution in [3.05, 3.63) is 0 Å². The Hall–Kier alpha value is -0.860. The fourth-order valence-electron chi connectivity index (χ4n) is 1.69.